The molecule has 1 amide bonds. The van der Waals surface area contributed by atoms with Crippen molar-refractivity contribution in [3.05, 3.63) is 59.7 Å². The standard InChI is InChI=1S/C19H23N3O2/c1-21(19(23)16-7-3-4-8-17(16)20)14-15-6-2-5-9-18(15)22-10-12-24-13-11-22/h2-9H,10-14,20H2,1H3. The fraction of sp³-hybridized carbons (Fsp3) is 0.316. The minimum absolute atomic E-state index is 0.0649. The van der Waals surface area contributed by atoms with Crippen LogP contribution in [-0.2, 0) is 11.3 Å². The summed E-state index contributed by atoms with van der Waals surface area (Å²) in [6.07, 6.45) is 0. The van der Waals surface area contributed by atoms with Crippen LogP contribution in [0.1, 0.15) is 15.9 Å². The minimum atomic E-state index is -0.0649. The molecule has 1 saturated heterocycles. The average Bonchev–Trinajstić information content (AvgIpc) is 2.63. The van der Waals surface area contributed by atoms with Gasteiger partial charge >= 0.3 is 0 Å². The third kappa shape index (κ3) is 3.51. The number of carbonyl (C=O) groups is 1. The Labute approximate surface area is 142 Å². The number of morpholine rings is 1. The highest BCUT2D eigenvalue weighted by molar-refractivity contribution is 5.98. The van der Waals surface area contributed by atoms with Crippen LogP contribution in [0.15, 0.2) is 48.5 Å². The van der Waals surface area contributed by atoms with Crippen LogP contribution in [-0.4, -0.2) is 44.2 Å². The lowest BCUT2D eigenvalue weighted by atomic mass is 10.1. The zero-order valence-corrected chi connectivity index (χ0v) is 13.9. The Bertz CT molecular complexity index is 711. The van der Waals surface area contributed by atoms with Crippen LogP contribution in [0.5, 0.6) is 0 Å². The van der Waals surface area contributed by atoms with Gasteiger partial charge in [0, 0.05) is 38.1 Å². The number of para-hydroxylation sites is 2. The Morgan fingerprint density at radius 1 is 1.12 bits per heavy atom. The molecule has 2 aromatic rings. The third-order valence-corrected chi connectivity index (χ3v) is 4.29. The molecule has 5 heteroatoms. The molecular formula is C19H23N3O2. The van der Waals surface area contributed by atoms with E-state index in [0.717, 1.165) is 31.9 Å². The smallest absolute Gasteiger partial charge is 0.255 e. The average molecular weight is 325 g/mol. The molecule has 3 rings (SSSR count). The van der Waals surface area contributed by atoms with E-state index >= 15 is 0 Å². The second-order valence-corrected chi connectivity index (χ2v) is 5.98. The van der Waals surface area contributed by atoms with Gasteiger partial charge in [0.2, 0.25) is 0 Å². The van der Waals surface area contributed by atoms with Gasteiger partial charge in [0.1, 0.15) is 0 Å². The fourth-order valence-electron chi connectivity index (χ4n) is 2.98. The number of nitrogens with two attached hydrogens (primary N) is 1. The Kier molecular flexibility index (Phi) is 5.01. The maximum absolute atomic E-state index is 12.7. The molecule has 2 aromatic carbocycles. The molecular weight excluding hydrogens is 302 g/mol. The maximum atomic E-state index is 12.7. The first-order valence-electron chi connectivity index (χ1n) is 8.17. The predicted molar refractivity (Wildman–Crippen MR) is 96.1 cm³/mol. The molecule has 0 spiro atoms. The van der Waals surface area contributed by atoms with E-state index in [1.807, 2.05) is 31.3 Å². The van der Waals surface area contributed by atoms with Crippen molar-refractivity contribution < 1.29 is 9.53 Å². The second kappa shape index (κ2) is 7.36. The van der Waals surface area contributed by atoms with E-state index in [1.54, 1.807) is 17.0 Å². The quantitative estimate of drug-likeness (QED) is 0.877. The molecule has 0 radical (unpaired) electrons. The molecule has 1 aliphatic heterocycles. The van der Waals surface area contributed by atoms with Gasteiger partial charge in [0.15, 0.2) is 0 Å². The number of benzene rings is 2. The summed E-state index contributed by atoms with van der Waals surface area (Å²) in [4.78, 5) is 16.7. The van der Waals surface area contributed by atoms with Crippen LogP contribution in [0, 0.1) is 0 Å². The van der Waals surface area contributed by atoms with Gasteiger partial charge in [-0.3, -0.25) is 4.79 Å². The number of hydrogen-bond donors (Lipinski definition) is 1. The van der Waals surface area contributed by atoms with Crippen LogP contribution in [0.3, 0.4) is 0 Å². The van der Waals surface area contributed by atoms with E-state index in [1.165, 1.54) is 5.69 Å². The maximum Gasteiger partial charge on any atom is 0.255 e. The molecule has 1 heterocycles. The van der Waals surface area contributed by atoms with Crippen LogP contribution < -0.4 is 10.6 Å². The Hall–Kier alpha value is -2.53. The zero-order chi connectivity index (χ0) is 16.9. The molecule has 0 bridgehead atoms. The van der Waals surface area contributed by atoms with Gasteiger partial charge in [0.05, 0.1) is 18.8 Å². The summed E-state index contributed by atoms with van der Waals surface area (Å²) in [7, 11) is 1.81. The number of nitrogens with zero attached hydrogens (tertiary/aromatic N) is 2. The van der Waals surface area contributed by atoms with E-state index in [9.17, 15) is 4.79 Å². The van der Waals surface area contributed by atoms with E-state index < -0.39 is 0 Å². The molecule has 126 valence electrons. The van der Waals surface area contributed by atoms with Crippen molar-refractivity contribution in [2.75, 3.05) is 44.0 Å². The van der Waals surface area contributed by atoms with Crippen molar-refractivity contribution >= 4 is 17.3 Å². The van der Waals surface area contributed by atoms with Crippen LogP contribution in [0.4, 0.5) is 11.4 Å². The summed E-state index contributed by atoms with van der Waals surface area (Å²) < 4.78 is 5.43. The number of nitrogen functional groups attached to an aromatic ring is 1. The molecule has 2 N–H and O–H groups in total. The summed E-state index contributed by atoms with van der Waals surface area (Å²) in [6.45, 7) is 3.77. The SMILES string of the molecule is CN(Cc1ccccc1N1CCOCC1)C(=O)c1ccccc1N. The monoisotopic (exact) mass is 325 g/mol. The summed E-state index contributed by atoms with van der Waals surface area (Å²) in [5.41, 5.74) is 9.28. The van der Waals surface area contributed by atoms with Gasteiger partial charge in [-0.15, -0.1) is 0 Å². The highest BCUT2D eigenvalue weighted by atomic mass is 16.5. The van der Waals surface area contributed by atoms with Gasteiger partial charge in [-0.25, -0.2) is 0 Å². The Morgan fingerprint density at radius 3 is 2.54 bits per heavy atom. The number of anilines is 2. The summed E-state index contributed by atoms with van der Waals surface area (Å²) >= 11 is 0. The van der Waals surface area contributed by atoms with E-state index in [4.69, 9.17) is 10.5 Å². The summed E-state index contributed by atoms with van der Waals surface area (Å²) in [5, 5.41) is 0. The van der Waals surface area contributed by atoms with Crippen molar-refractivity contribution in [1.82, 2.24) is 4.90 Å². The molecule has 0 saturated carbocycles. The van der Waals surface area contributed by atoms with E-state index in [2.05, 4.69) is 17.0 Å². The van der Waals surface area contributed by atoms with Gasteiger partial charge in [-0.2, -0.15) is 0 Å². The first kappa shape index (κ1) is 16.3. The number of hydrogen-bond acceptors (Lipinski definition) is 4. The molecule has 1 aliphatic rings. The van der Waals surface area contributed by atoms with Crippen molar-refractivity contribution in [3.8, 4) is 0 Å². The molecule has 0 aliphatic carbocycles. The predicted octanol–water partition coefficient (Wildman–Crippen LogP) is 2.38. The van der Waals surface area contributed by atoms with Gasteiger partial charge in [0.25, 0.3) is 5.91 Å². The second-order valence-electron chi connectivity index (χ2n) is 5.98. The molecule has 0 aromatic heterocycles. The summed E-state index contributed by atoms with van der Waals surface area (Å²) in [5.74, 6) is -0.0649. The highest BCUT2D eigenvalue weighted by Gasteiger charge is 2.18. The van der Waals surface area contributed by atoms with E-state index in [0.29, 0.717) is 17.8 Å². The largest absolute Gasteiger partial charge is 0.398 e. The molecule has 24 heavy (non-hydrogen) atoms. The van der Waals surface area contributed by atoms with Crippen molar-refractivity contribution in [2.24, 2.45) is 0 Å². The highest BCUT2D eigenvalue weighted by Crippen LogP contribution is 2.23. The van der Waals surface area contributed by atoms with Crippen LogP contribution in [0.25, 0.3) is 0 Å². The summed E-state index contributed by atoms with van der Waals surface area (Å²) in [6, 6.07) is 15.4. The van der Waals surface area contributed by atoms with Gasteiger partial charge in [-0.1, -0.05) is 30.3 Å². The molecule has 0 atom stereocenters. The lowest BCUT2D eigenvalue weighted by Gasteiger charge is -2.31. The van der Waals surface area contributed by atoms with Crippen molar-refractivity contribution in [3.63, 3.8) is 0 Å². The molecule has 5 nitrogen and oxygen atoms in total. The molecule has 0 unspecified atom stereocenters. The van der Waals surface area contributed by atoms with Crippen molar-refractivity contribution in [1.29, 1.82) is 0 Å². The van der Waals surface area contributed by atoms with Crippen molar-refractivity contribution in [2.45, 2.75) is 6.54 Å². The van der Waals surface area contributed by atoms with Gasteiger partial charge in [-0.05, 0) is 23.8 Å². The van der Waals surface area contributed by atoms with Crippen LogP contribution in [0.2, 0.25) is 0 Å². The number of carbonyl (C=O) groups excluding carboxylic acids is 1. The van der Waals surface area contributed by atoms with Gasteiger partial charge < -0.3 is 20.3 Å². The normalized spacial score (nSPS) is 14.5. The number of rotatable bonds is 4. The number of amides is 1. The van der Waals surface area contributed by atoms with Crippen LogP contribution >= 0.6 is 0 Å². The topological polar surface area (TPSA) is 58.8 Å². The Morgan fingerprint density at radius 2 is 1.79 bits per heavy atom. The third-order valence-electron chi connectivity index (χ3n) is 4.29. The first-order valence-corrected chi connectivity index (χ1v) is 8.17. The minimum Gasteiger partial charge on any atom is -0.398 e. The lowest BCUT2D eigenvalue weighted by Crippen LogP contribution is -2.37. The number of ether oxygens (including phenoxy) is 1. The zero-order valence-electron chi connectivity index (χ0n) is 13.9. The molecule has 1 fully saturated rings. The van der Waals surface area contributed by atoms with E-state index in [-0.39, 0.29) is 5.91 Å². The fourth-order valence-corrected chi connectivity index (χ4v) is 2.98. The Balaban J connectivity index is 1.78. The first-order chi connectivity index (χ1) is 11.7. The lowest BCUT2D eigenvalue weighted by molar-refractivity contribution is 0.0786.